The molecule has 0 spiro atoms. The number of carbonyl (C=O) groups excluding carboxylic acids is 2. The molecule has 1 heterocycles. The van der Waals surface area contributed by atoms with Crippen LogP contribution in [0.25, 0.3) is 0 Å². The van der Waals surface area contributed by atoms with Gasteiger partial charge in [-0.25, -0.2) is 4.79 Å². The zero-order valence-corrected chi connectivity index (χ0v) is 16.7. The summed E-state index contributed by atoms with van der Waals surface area (Å²) in [4.78, 5) is 27.1. The van der Waals surface area contributed by atoms with E-state index in [0.717, 1.165) is 31.4 Å². The van der Waals surface area contributed by atoms with E-state index in [9.17, 15) is 9.59 Å². The van der Waals surface area contributed by atoms with E-state index >= 15 is 0 Å². The van der Waals surface area contributed by atoms with Crippen LogP contribution in [0, 0.1) is 0 Å². The molecule has 1 amide bonds. The number of allylic oxidation sites excluding steroid dienone is 2. The molecule has 0 saturated carbocycles. The van der Waals surface area contributed by atoms with Crippen molar-refractivity contribution in [3.8, 4) is 11.5 Å². The van der Waals surface area contributed by atoms with Gasteiger partial charge in [-0.3, -0.25) is 4.79 Å². The van der Waals surface area contributed by atoms with Gasteiger partial charge in [-0.15, -0.1) is 0 Å². The Labute approximate surface area is 169 Å². The molecular formula is C22H25NO6. The van der Waals surface area contributed by atoms with Crippen molar-refractivity contribution in [2.24, 2.45) is 0 Å². The zero-order chi connectivity index (χ0) is 20.6. The second kappa shape index (κ2) is 9.82. The second-order valence-corrected chi connectivity index (χ2v) is 6.64. The summed E-state index contributed by atoms with van der Waals surface area (Å²) in [7, 11) is 2.97. The first-order valence-electron chi connectivity index (χ1n) is 9.53. The number of amides is 1. The lowest BCUT2D eigenvalue weighted by atomic mass is 10.0. The van der Waals surface area contributed by atoms with Gasteiger partial charge in [0.2, 0.25) is 0 Å². The highest BCUT2D eigenvalue weighted by atomic mass is 16.5. The lowest BCUT2D eigenvalue weighted by Gasteiger charge is -2.27. The standard InChI is InChI=1S/C22H25NO6/c1-26-17-10-11-20(27-2)19(13-17)22(25)29-15-21(24)23(14-18-9-6-12-28-18)16-7-4-3-5-8-16/h6-7,9-13H,3-5,8,14-15H2,1-2H3. The van der Waals surface area contributed by atoms with Gasteiger partial charge in [0.25, 0.3) is 5.91 Å². The third-order valence-electron chi connectivity index (χ3n) is 4.76. The molecule has 0 fully saturated rings. The summed E-state index contributed by atoms with van der Waals surface area (Å²) in [5, 5.41) is 0. The molecule has 1 aromatic carbocycles. The molecule has 154 valence electrons. The summed E-state index contributed by atoms with van der Waals surface area (Å²) in [6.45, 7) is -0.0745. The van der Waals surface area contributed by atoms with Crippen molar-refractivity contribution < 1.29 is 28.2 Å². The van der Waals surface area contributed by atoms with Gasteiger partial charge in [0.1, 0.15) is 22.8 Å². The number of methoxy groups -OCH3 is 2. The normalized spacial score (nSPS) is 13.4. The van der Waals surface area contributed by atoms with E-state index in [1.165, 1.54) is 20.3 Å². The minimum atomic E-state index is -0.648. The van der Waals surface area contributed by atoms with Gasteiger partial charge in [0, 0.05) is 5.70 Å². The van der Waals surface area contributed by atoms with Gasteiger partial charge in [0.15, 0.2) is 6.61 Å². The van der Waals surface area contributed by atoms with Crippen molar-refractivity contribution in [3.05, 3.63) is 59.7 Å². The minimum absolute atomic E-state index is 0.203. The van der Waals surface area contributed by atoms with Gasteiger partial charge in [0.05, 0.1) is 27.0 Å². The minimum Gasteiger partial charge on any atom is -0.497 e. The fraction of sp³-hybridized carbons (Fsp3) is 0.364. The van der Waals surface area contributed by atoms with Crippen LogP contribution in [0.1, 0.15) is 41.8 Å². The lowest BCUT2D eigenvalue weighted by Crippen LogP contribution is -2.34. The Hall–Kier alpha value is -3.22. The Bertz CT molecular complexity index is 871. The van der Waals surface area contributed by atoms with Crippen molar-refractivity contribution in [3.63, 3.8) is 0 Å². The molecule has 1 aliphatic rings. The third kappa shape index (κ3) is 5.19. The number of hydrogen-bond donors (Lipinski definition) is 0. The van der Waals surface area contributed by atoms with Gasteiger partial charge in [-0.1, -0.05) is 6.08 Å². The molecule has 1 aromatic heterocycles. The molecule has 0 unspecified atom stereocenters. The number of benzene rings is 1. The Morgan fingerprint density at radius 2 is 2.00 bits per heavy atom. The average molecular weight is 399 g/mol. The number of rotatable bonds is 8. The van der Waals surface area contributed by atoms with E-state index in [1.54, 1.807) is 29.4 Å². The van der Waals surface area contributed by atoms with E-state index in [4.69, 9.17) is 18.6 Å². The summed E-state index contributed by atoms with van der Waals surface area (Å²) in [5.41, 5.74) is 1.14. The molecule has 0 saturated heterocycles. The highest BCUT2D eigenvalue weighted by Gasteiger charge is 2.23. The van der Waals surface area contributed by atoms with E-state index in [2.05, 4.69) is 6.08 Å². The van der Waals surface area contributed by atoms with Crippen molar-refractivity contribution >= 4 is 11.9 Å². The van der Waals surface area contributed by atoms with Crippen molar-refractivity contribution in [1.82, 2.24) is 4.90 Å². The Balaban J connectivity index is 1.71. The smallest absolute Gasteiger partial charge is 0.342 e. The Kier molecular flexibility index (Phi) is 6.94. The summed E-state index contributed by atoms with van der Waals surface area (Å²) < 4.78 is 21.1. The summed E-state index contributed by atoms with van der Waals surface area (Å²) >= 11 is 0. The molecule has 0 bridgehead atoms. The van der Waals surface area contributed by atoms with Gasteiger partial charge >= 0.3 is 5.97 Å². The number of esters is 1. The number of furan rings is 1. The Morgan fingerprint density at radius 3 is 2.66 bits per heavy atom. The summed E-state index contributed by atoms with van der Waals surface area (Å²) in [6.07, 6.45) is 7.51. The molecule has 0 N–H and O–H groups in total. The van der Waals surface area contributed by atoms with Crippen LogP contribution in [-0.4, -0.2) is 37.6 Å². The zero-order valence-electron chi connectivity index (χ0n) is 16.7. The maximum atomic E-state index is 12.9. The first-order chi connectivity index (χ1) is 14.1. The SMILES string of the molecule is COc1ccc(OC)c(C(=O)OCC(=O)N(Cc2ccco2)C2=CCCCC2)c1. The van der Waals surface area contributed by atoms with Crippen LogP contribution in [0.3, 0.4) is 0 Å². The summed E-state index contributed by atoms with van der Waals surface area (Å²) in [6, 6.07) is 8.42. The second-order valence-electron chi connectivity index (χ2n) is 6.64. The van der Waals surface area contributed by atoms with E-state index in [-0.39, 0.29) is 18.1 Å². The van der Waals surface area contributed by atoms with E-state index in [0.29, 0.717) is 23.8 Å². The van der Waals surface area contributed by atoms with Gasteiger partial charge in [-0.2, -0.15) is 0 Å². The summed E-state index contributed by atoms with van der Waals surface area (Å²) in [5.74, 6) is 0.571. The highest BCUT2D eigenvalue weighted by Crippen LogP contribution is 2.26. The van der Waals surface area contributed by atoms with Crippen LogP contribution in [-0.2, 0) is 16.1 Å². The predicted octanol–water partition coefficient (Wildman–Crippen LogP) is 3.94. The van der Waals surface area contributed by atoms with Crippen molar-refractivity contribution in [2.75, 3.05) is 20.8 Å². The monoisotopic (exact) mass is 399 g/mol. The van der Waals surface area contributed by atoms with Gasteiger partial charge in [-0.05, 0) is 56.0 Å². The molecule has 7 heteroatoms. The molecular weight excluding hydrogens is 374 g/mol. The number of hydrogen-bond acceptors (Lipinski definition) is 6. The number of ether oxygens (including phenoxy) is 3. The predicted molar refractivity (Wildman–Crippen MR) is 106 cm³/mol. The largest absolute Gasteiger partial charge is 0.497 e. The third-order valence-corrected chi connectivity index (χ3v) is 4.76. The van der Waals surface area contributed by atoms with Crippen LogP contribution < -0.4 is 9.47 Å². The van der Waals surface area contributed by atoms with E-state index < -0.39 is 5.97 Å². The van der Waals surface area contributed by atoms with Gasteiger partial charge < -0.3 is 23.5 Å². The number of nitrogens with zero attached hydrogens (tertiary/aromatic N) is 1. The molecule has 2 aromatic rings. The fourth-order valence-corrected chi connectivity index (χ4v) is 3.23. The highest BCUT2D eigenvalue weighted by molar-refractivity contribution is 5.94. The molecule has 7 nitrogen and oxygen atoms in total. The van der Waals surface area contributed by atoms with Crippen LogP contribution in [0.2, 0.25) is 0 Å². The Morgan fingerprint density at radius 1 is 1.14 bits per heavy atom. The molecule has 0 radical (unpaired) electrons. The lowest BCUT2D eigenvalue weighted by molar-refractivity contribution is -0.133. The van der Waals surface area contributed by atoms with Crippen LogP contribution in [0.5, 0.6) is 11.5 Å². The van der Waals surface area contributed by atoms with Crippen LogP contribution in [0.4, 0.5) is 0 Å². The maximum Gasteiger partial charge on any atom is 0.342 e. The molecule has 0 atom stereocenters. The molecule has 29 heavy (non-hydrogen) atoms. The maximum absolute atomic E-state index is 12.9. The molecule has 1 aliphatic carbocycles. The molecule has 3 rings (SSSR count). The van der Waals surface area contributed by atoms with Crippen LogP contribution >= 0.6 is 0 Å². The van der Waals surface area contributed by atoms with Crippen LogP contribution in [0.15, 0.2) is 52.8 Å². The fourth-order valence-electron chi connectivity index (χ4n) is 3.23. The van der Waals surface area contributed by atoms with Crippen molar-refractivity contribution in [1.29, 1.82) is 0 Å². The molecule has 0 aliphatic heterocycles. The first kappa shape index (κ1) is 20.5. The topological polar surface area (TPSA) is 78.2 Å². The average Bonchev–Trinajstić information content (AvgIpc) is 3.29. The van der Waals surface area contributed by atoms with Crippen molar-refractivity contribution in [2.45, 2.75) is 32.2 Å². The number of carbonyl (C=O) groups is 2. The first-order valence-corrected chi connectivity index (χ1v) is 9.53. The van der Waals surface area contributed by atoms with E-state index in [1.807, 2.05) is 6.07 Å². The quantitative estimate of drug-likeness (QED) is 0.626.